The van der Waals surface area contributed by atoms with Crippen LogP contribution in [0, 0.1) is 0 Å². The molecule has 0 aliphatic heterocycles. The molecule has 0 bridgehead atoms. The molecule has 0 aliphatic carbocycles. The van der Waals surface area contributed by atoms with Crippen molar-refractivity contribution < 1.29 is 18.1 Å². The third kappa shape index (κ3) is 17.2. The molecule has 0 fully saturated rings. The van der Waals surface area contributed by atoms with Crippen LogP contribution < -0.4 is 0 Å². The lowest BCUT2D eigenvalue weighted by molar-refractivity contribution is -0.137. The van der Waals surface area contributed by atoms with E-state index in [-0.39, 0.29) is 0 Å². The molecule has 0 aromatic rings. The van der Waals surface area contributed by atoms with Gasteiger partial charge in [0.2, 0.25) is 0 Å². The average molecular weight is 407 g/mol. The van der Waals surface area contributed by atoms with Crippen molar-refractivity contribution in [2.75, 3.05) is 0 Å². The molecule has 0 amide bonds. The summed E-state index contributed by atoms with van der Waals surface area (Å²) in [5.41, 5.74) is 0. The Balaban J connectivity index is 3.77. The highest BCUT2D eigenvalue weighted by Crippen LogP contribution is 2.24. The average Bonchev–Trinajstić information content (AvgIpc) is 2.36. The fourth-order valence-corrected chi connectivity index (χ4v) is 16.6. The van der Waals surface area contributed by atoms with Gasteiger partial charge in [0, 0.05) is 6.42 Å². The summed E-state index contributed by atoms with van der Waals surface area (Å²) >= 11 is 0. The van der Waals surface area contributed by atoms with Crippen molar-refractivity contribution in [2.24, 2.45) is 0 Å². The van der Waals surface area contributed by atoms with E-state index in [1.165, 1.54) is 44.6 Å². The molecule has 4 nitrogen and oxygen atoms in total. The SMILES string of the molecule is C[Si](C)(C)O[Si](C)(C)O[Si](C)(C)CCCCCCCCCCC(=O)O. The first kappa shape index (κ1) is 25.0. The van der Waals surface area contributed by atoms with E-state index in [0.717, 1.165) is 12.8 Å². The van der Waals surface area contributed by atoms with Crippen molar-refractivity contribution in [3.8, 4) is 0 Å². The molecule has 0 unspecified atom stereocenters. The summed E-state index contributed by atoms with van der Waals surface area (Å²) in [6.45, 7) is 15.8. The number of carboxylic acid groups (broad SMARTS) is 1. The Morgan fingerprint density at radius 3 is 1.60 bits per heavy atom. The summed E-state index contributed by atoms with van der Waals surface area (Å²) in [5, 5.41) is 8.59. The minimum atomic E-state index is -1.99. The monoisotopic (exact) mass is 406 g/mol. The maximum absolute atomic E-state index is 10.4. The van der Waals surface area contributed by atoms with Gasteiger partial charge < -0.3 is 13.3 Å². The third-order valence-electron chi connectivity index (χ3n) is 3.99. The van der Waals surface area contributed by atoms with Crippen molar-refractivity contribution in [1.82, 2.24) is 0 Å². The van der Waals surface area contributed by atoms with E-state index in [1.54, 1.807) is 0 Å². The van der Waals surface area contributed by atoms with Gasteiger partial charge in [-0.1, -0.05) is 44.9 Å². The zero-order valence-corrected chi connectivity index (χ0v) is 20.7. The number of aliphatic carboxylic acids is 1. The Labute approximate surface area is 159 Å². The summed E-state index contributed by atoms with van der Waals surface area (Å²) in [7, 11) is -5.16. The van der Waals surface area contributed by atoms with Gasteiger partial charge in [-0.05, 0) is 58.3 Å². The van der Waals surface area contributed by atoms with Crippen molar-refractivity contribution >= 4 is 31.2 Å². The predicted molar refractivity (Wildman–Crippen MR) is 114 cm³/mol. The fourth-order valence-electron chi connectivity index (χ4n) is 3.36. The van der Waals surface area contributed by atoms with Crippen LogP contribution >= 0.6 is 0 Å². The first-order valence-electron chi connectivity index (χ1n) is 9.95. The van der Waals surface area contributed by atoms with Gasteiger partial charge in [-0.3, -0.25) is 4.79 Å². The lowest BCUT2D eigenvalue weighted by Gasteiger charge is -2.37. The first-order chi connectivity index (χ1) is 11.3. The van der Waals surface area contributed by atoms with Crippen LogP contribution in [0.2, 0.25) is 51.9 Å². The lowest BCUT2D eigenvalue weighted by atomic mass is 10.1. The van der Waals surface area contributed by atoms with E-state index < -0.39 is 31.2 Å². The number of rotatable bonds is 15. The topological polar surface area (TPSA) is 55.8 Å². The fraction of sp³-hybridized carbons (Fsp3) is 0.944. The zero-order chi connectivity index (χ0) is 19.6. The van der Waals surface area contributed by atoms with E-state index in [2.05, 4.69) is 45.8 Å². The largest absolute Gasteiger partial charge is 0.481 e. The Bertz CT molecular complexity index is 379. The zero-order valence-electron chi connectivity index (χ0n) is 17.7. The van der Waals surface area contributed by atoms with Crippen molar-refractivity contribution in [3.63, 3.8) is 0 Å². The van der Waals surface area contributed by atoms with Gasteiger partial charge in [0.15, 0.2) is 16.6 Å². The van der Waals surface area contributed by atoms with E-state index >= 15 is 0 Å². The molecule has 7 heteroatoms. The lowest BCUT2D eigenvalue weighted by Crippen LogP contribution is -2.51. The molecule has 0 aromatic heterocycles. The third-order valence-corrected chi connectivity index (χ3v) is 14.1. The minimum absolute atomic E-state index is 0.320. The molecular weight excluding hydrogens is 364 g/mol. The molecule has 0 saturated heterocycles. The second-order valence-electron chi connectivity index (χ2n) is 9.20. The number of carboxylic acids is 1. The van der Waals surface area contributed by atoms with Crippen LogP contribution in [-0.4, -0.2) is 36.3 Å². The summed E-state index contributed by atoms with van der Waals surface area (Å²) < 4.78 is 12.9. The Kier molecular flexibility index (Phi) is 11.7. The molecule has 1 N–H and O–H groups in total. The van der Waals surface area contributed by atoms with Gasteiger partial charge in [0.25, 0.3) is 0 Å². The molecule has 150 valence electrons. The number of hydrogen-bond donors (Lipinski definition) is 1. The molecule has 0 atom stereocenters. The Hall–Kier alpha value is 0.0406. The van der Waals surface area contributed by atoms with Crippen LogP contribution in [0.25, 0.3) is 0 Å². The van der Waals surface area contributed by atoms with Crippen LogP contribution in [0.3, 0.4) is 0 Å². The molecule has 0 aliphatic rings. The highest BCUT2D eigenvalue weighted by atomic mass is 28.5. The smallest absolute Gasteiger partial charge is 0.311 e. The second kappa shape index (κ2) is 11.7. The standard InChI is InChI=1S/C18H42O4Si3/c1-23(2,3)21-25(6,7)22-24(4,5)17-15-13-11-9-8-10-12-14-16-18(19)20/h8-17H2,1-7H3,(H,19,20). The molecule has 0 saturated carbocycles. The van der Waals surface area contributed by atoms with Gasteiger partial charge in [0.05, 0.1) is 0 Å². The number of unbranched alkanes of at least 4 members (excludes halogenated alkanes) is 7. The summed E-state index contributed by atoms with van der Waals surface area (Å²) in [6.07, 6.45) is 9.71. The maximum atomic E-state index is 10.4. The first-order valence-corrected chi connectivity index (χ1v) is 19.3. The van der Waals surface area contributed by atoms with Crippen LogP contribution in [0.5, 0.6) is 0 Å². The van der Waals surface area contributed by atoms with Crippen LogP contribution in [0.15, 0.2) is 0 Å². The van der Waals surface area contributed by atoms with E-state index in [4.69, 9.17) is 13.3 Å². The molecule has 0 rings (SSSR count). The number of carbonyl (C=O) groups is 1. The maximum Gasteiger partial charge on any atom is 0.311 e. The Morgan fingerprint density at radius 1 is 0.720 bits per heavy atom. The van der Waals surface area contributed by atoms with Gasteiger partial charge in [-0.15, -0.1) is 0 Å². The van der Waals surface area contributed by atoms with E-state index in [0.29, 0.717) is 6.42 Å². The van der Waals surface area contributed by atoms with Crippen molar-refractivity contribution in [2.45, 2.75) is 110 Å². The van der Waals surface area contributed by atoms with Crippen LogP contribution in [0.4, 0.5) is 0 Å². The molecule has 0 spiro atoms. The van der Waals surface area contributed by atoms with Gasteiger partial charge in [-0.2, -0.15) is 0 Å². The Morgan fingerprint density at radius 2 is 1.16 bits per heavy atom. The molecule has 0 heterocycles. The summed E-state index contributed by atoms with van der Waals surface area (Å²) in [4.78, 5) is 10.4. The molecule has 0 aromatic carbocycles. The molecular formula is C18H42O4Si3. The highest BCUT2D eigenvalue weighted by molar-refractivity contribution is 6.87. The van der Waals surface area contributed by atoms with Crippen LogP contribution in [-0.2, 0) is 13.0 Å². The molecule has 0 radical (unpaired) electrons. The molecule has 25 heavy (non-hydrogen) atoms. The van der Waals surface area contributed by atoms with Crippen molar-refractivity contribution in [1.29, 1.82) is 0 Å². The summed E-state index contributed by atoms with van der Waals surface area (Å²) in [6, 6.07) is 1.22. The minimum Gasteiger partial charge on any atom is -0.481 e. The quantitative estimate of drug-likeness (QED) is 0.254. The van der Waals surface area contributed by atoms with E-state index in [9.17, 15) is 4.79 Å². The summed E-state index contributed by atoms with van der Waals surface area (Å²) in [5.74, 6) is -0.671. The van der Waals surface area contributed by atoms with Gasteiger partial charge >= 0.3 is 14.5 Å². The predicted octanol–water partition coefficient (Wildman–Crippen LogP) is 6.36. The highest BCUT2D eigenvalue weighted by Gasteiger charge is 2.37. The number of hydrogen-bond acceptors (Lipinski definition) is 3. The second-order valence-corrected chi connectivity index (χ2v) is 21.9. The van der Waals surface area contributed by atoms with E-state index in [1.807, 2.05) is 0 Å². The van der Waals surface area contributed by atoms with Crippen LogP contribution in [0.1, 0.15) is 57.8 Å². The van der Waals surface area contributed by atoms with Crippen molar-refractivity contribution in [3.05, 3.63) is 0 Å². The van der Waals surface area contributed by atoms with Gasteiger partial charge in [-0.25, -0.2) is 0 Å². The van der Waals surface area contributed by atoms with Gasteiger partial charge in [0.1, 0.15) is 0 Å². The normalized spacial score (nSPS) is 13.2.